The maximum absolute atomic E-state index is 14.0. The van der Waals surface area contributed by atoms with Gasteiger partial charge in [-0.1, -0.05) is 12.1 Å². The minimum atomic E-state index is -0.977. The number of hydrogen-bond donors (Lipinski definition) is 1. The van der Waals surface area contributed by atoms with Gasteiger partial charge in [0.25, 0.3) is 11.8 Å². The number of halogens is 1. The first-order chi connectivity index (χ1) is 11.4. The quantitative estimate of drug-likeness (QED) is 0.678. The summed E-state index contributed by atoms with van der Waals surface area (Å²) in [5.74, 6) is -2.41. The van der Waals surface area contributed by atoms with Gasteiger partial charge in [-0.15, -0.1) is 0 Å². The molecule has 3 rings (SSSR count). The average molecular weight is 327 g/mol. The molecule has 1 aromatic heterocycles. The number of urea groups is 1. The fraction of sp³-hybridized carbons (Fsp3) is 0.118. The van der Waals surface area contributed by atoms with E-state index in [2.05, 4.69) is 5.32 Å². The Balaban J connectivity index is 2.07. The fourth-order valence-electron chi connectivity index (χ4n) is 2.44. The van der Waals surface area contributed by atoms with Crippen LogP contribution in [0.25, 0.3) is 6.08 Å². The van der Waals surface area contributed by atoms with Crippen LogP contribution in [0.2, 0.25) is 0 Å². The van der Waals surface area contributed by atoms with E-state index in [0.717, 1.165) is 11.8 Å². The number of rotatable bonds is 2. The molecule has 1 saturated heterocycles. The number of amides is 4. The highest BCUT2D eigenvalue weighted by Gasteiger charge is 2.38. The Labute approximate surface area is 137 Å². The highest BCUT2D eigenvalue weighted by Crippen LogP contribution is 2.24. The van der Waals surface area contributed by atoms with E-state index in [1.165, 1.54) is 24.3 Å². The molecule has 7 heteroatoms. The zero-order valence-electron chi connectivity index (χ0n) is 13.0. The van der Waals surface area contributed by atoms with E-state index in [9.17, 15) is 18.8 Å². The maximum atomic E-state index is 14.0. The van der Waals surface area contributed by atoms with Gasteiger partial charge in [0, 0.05) is 18.4 Å². The number of anilines is 1. The molecule has 1 aliphatic heterocycles. The molecule has 6 nitrogen and oxygen atoms in total. The Morgan fingerprint density at radius 3 is 2.42 bits per heavy atom. The van der Waals surface area contributed by atoms with E-state index in [1.807, 2.05) is 13.0 Å². The van der Waals surface area contributed by atoms with Crippen LogP contribution in [0, 0.1) is 12.7 Å². The molecule has 0 radical (unpaired) electrons. The van der Waals surface area contributed by atoms with Gasteiger partial charge in [-0.2, -0.15) is 0 Å². The number of benzene rings is 1. The molecule has 2 aromatic rings. The normalized spacial score (nSPS) is 16.7. The lowest BCUT2D eigenvalue weighted by molar-refractivity contribution is -0.122. The van der Waals surface area contributed by atoms with E-state index in [4.69, 9.17) is 0 Å². The van der Waals surface area contributed by atoms with Crippen LogP contribution in [0.4, 0.5) is 14.9 Å². The number of barbiturate groups is 1. The number of para-hydroxylation sites is 1. The summed E-state index contributed by atoms with van der Waals surface area (Å²) in [5, 5.41) is 2.07. The molecular weight excluding hydrogens is 313 g/mol. The van der Waals surface area contributed by atoms with Crippen LogP contribution >= 0.6 is 0 Å². The number of aryl methyl sites for hydroxylation is 1. The summed E-state index contributed by atoms with van der Waals surface area (Å²) in [6.45, 7) is 1.87. The van der Waals surface area contributed by atoms with Crippen LogP contribution < -0.4 is 10.2 Å². The van der Waals surface area contributed by atoms with Crippen molar-refractivity contribution >= 4 is 29.6 Å². The van der Waals surface area contributed by atoms with E-state index < -0.39 is 23.7 Å². The van der Waals surface area contributed by atoms with Crippen molar-refractivity contribution in [3.05, 3.63) is 59.2 Å². The number of hydrogen-bond acceptors (Lipinski definition) is 3. The second-order valence-electron chi connectivity index (χ2n) is 5.37. The van der Waals surface area contributed by atoms with E-state index in [-0.39, 0.29) is 11.3 Å². The molecule has 0 saturated carbocycles. The molecule has 2 heterocycles. The SMILES string of the molecule is Cc1ccc(/C=C2\C(=O)NC(=O)N(c3ccccc3F)C2=O)n1C. The Morgan fingerprint density at radius 2 is 1.79 bits per heavy atom. The maximum Gasteiger partial charge on any atom is 0.336 e. The minimum Gasteiger partial charge on any atom is -0.348 e. The molecule has 0 atom stereocenters. The molecular formula is C17H14FN3O3. The first kappa shape index (κ1) is 15.7. The topological polar surface area (TPSA) is 71.4 Å². The van der Waals surface area contributed by atoms with Crippen LogP contribution in [-0.4, -0.2) is 22.4 Å². The second-order valence-corrected chi connectivity index (χ2v) is 5.37. The zero-order valence-corrected chi connectivity index (χ0v) is 13.0. The van der Waals surface area contributed by atoms with Gasteiger partial charge in [0.15, 0.2) is 0 Å². The lowest BCUT2D eigenvalue weighted by Crippen LogP contribution is -2.54. The van der Waals surface area contributed by atoms with Crippen LogP contribution in [0.15, 0.2) is 42.0 Å². The second kappa shape index (κ2) is 5.77. The number of nitrogens with zero attached hydrogens (tertiary/aromatic N) is 2. The molecule has 0 spiro atoms. The Kier molecular flexibility index (Phi) is 3.76. The van der Waals surface area contributed by atoms with Crippen molar-refractivity contribution < 1.29 is 18.8 Å². The van der Waals surface area contributed by atoms with Crippen LogP contribution in [0.3, 0.4) is 0 Å². The smallest absolute Gasteiger partial charge is 0.336 e. The molecule has 4 amide bonds. The van der Waals surface area contributed by atoms with Crippen molar-refractivity contribution in [2.45, 2.75) is 6.92 Å². The highest BCUT2D eigenvalue weighted by molar-refractivity contribution is 6.39. The summed E-state index contributed by atoms with van der Waals surface area (Å²) in [6.07, 6.45) is 1.38. The van der Waals surface area contributed by atoms with Crippen molar-refractivity contribution in [1.29, 1.82) is 0 Å². The number of carbonyl (C=O) groups is 3. The summed E-state index contributed by atoms with van der Waals surface area (Å²) in [6, 6.07) is 7.97. The Bertz CT molecular complexity index is 898. The largest absolute Gasteiger partial charge is 0.348 e. The third kappa shape index (κ3) is 2.50. The summed E-state index contributed by atoms with van der Waals surface area (Å²) in [4.78, 5) is 37.3. The van der Waals surface area contributed by atoms with Gasteiger partial charge in [0.1, 0.15) is 11.4 Å². The van der Waals surface area contributed by atoms with Crippen LogP contribution in [0.1, 0.15) is 11.4 Å². The van der Waals surface area contributed by atoms with Crippen molar-refractivity contribution in [1.82, 2.24) is 9.88 Å². The lowest BCUT2D eigenvalue weighted by Gasteiger charge is -2.26. The summed E-state index contributed by atoms with van der Waals surface area (Å²) < 4.78 is 15.7. The third-order valence-electron chi connectivity index (χ3n) is 3.90. The molecule has 1 aliphatic rings. The number of carbonyl (C=O) groups excluding carboxylic acids is 3. The van der Waals surface area contributed by atoms with Crippen LogP contribution in [-0.2, 0) is 16.6 Å². The molecule has 1 aromatic carbocycles. The van der Waals surface area contributed by atoms with Gasteiger partial charge < -0.3 is 4.57 Å². The molecule has 0 aliphatic carbocycles. The zero-order chi connectivity index (χ0) is 17.4. The first-order valence-corrected chi connectivity index (χ1v) is 7.18. The van der Waals surface area contributed by atoms with Crippen molar-refractivity contribution in [2.24, 2.45) is 7.05 Å². The number of imide groups is 2. The number of nitrogens with one attached hydrogen (secondary N) is 1. The van der Waals surface area contributed by atoms with E-state index in [0.29, 0.717) is 10.6 Å². The standard InChI is InChI=1S/C17H14FN3O3/c1-10-7-8-11(20(10)2)9-12-15(22)19-17(24)21(16(12)23)14-6-4-3-5-13(14)18/h3-9H,1-2H3,(H,19,22,24)/b12-9+. The molecule has 0 bridgehead atoms. The Morgan fingerprint density at radius 1 is 1.08 bits per heavy atom. The van der Waals surface area contributed by atoms with Crippen molar-refractivity contribution in [3.63, 3.8) is 0 Å². The first-order valence-electron chi connectivity index (χ1n) is 7.18. The fourth-order valence-corrected chi connectivity index (χ4v) is 2.44. The molecule has 1 N–H and O–H groups in total. The van der Waals surface area contributed by atoms with Gasteiger partial charge in [0.05, 0.1) is 5.69 Å². The summed E-state index contributed by atoms with van der Waals surface area (Å²) >= 11 is 0. The summed E-state index contributed by atoms with van der Waals surface area (Å²) in [7, 11) is 1.78. The van der Waals surface area contributed by atoms with Gasteiger partial charge in [-0.05, 0) is 37.3 Å². The minimum absolute atomic E-state index is 0.207. The van der Waals surface area contributed by atoms with E-state index >= 15 is 0 Å². The van der Waals surface area contributed by atoms with Gasteiger partial charge in [-0.3, -0.25) is 14.9 Å². The predicted molar refractivity (Wildman–Crippen MR) is 85.6 cm³/mol. The van der Waals surface area contributed by atoms with E-state index in [1.54, 1.807) is 17.7 Å². The van der Waals surface area contributed by atoms with Gasteiger partial charge in [0.2, 0.25) is 0 Å². The number of aromatic nitrogens is 1. The van der Waals surface area contributed by atoms with Crippen molar-refractivity contribution in [3.8, 4) is 0 Å². The molecule has 24 heavy (non-hydrogen) atoms. The van der Waals surface area contributed by atoms with Crippen LogP contribution in [0.5, 0.6) is 0 Å². The highest BCUT2D eigenvalue weighted by atomic mass is 19.1. The third-order valence-corrected chi connectivity index (χ3v) is 3.90. The molecule has 122 valence electrons. The van der Waals surface area contributed by atoms with Crippen molar-refractivity contribution in [2.75, 3.05) is 4.90 Å². The summed E-state index contributed by atoms with van der Waals surface area (Å²) in [5.41, 5.74) is 1.11. The Hall–Kier alpha value is -3.22. The van der Waals surface area contributed by atoms with Gasteiger partial charge >= 0.3 is 6.03 Å². The monoisotopic (exact) mass is 327 g/mol. The molecule has 0 unspecified atom stereocenters. The predicted octanol–water partition coefficient (Wildman–Crippen LogP) is 2.14. The lowest BCUT2D eigenvalue weighted by atomic mass is 10.1. The van der Waals surface area contributed by atoms with Gasteiger partial charge in [-0.25, -0.2) is 14.1 Å². The average Bonchev–Trinajstić information content (AvgIpc) is 2.85. The molecule has 1 fully saturated rings.